The molecule has 5 aromatic rings. The summed E-state index contributed by atoms with van der Waals surface area (Å²) in [7, 11) is 0. The number of unbranched alkanes of at least 4 members (excludes halogenated alkanes) is 10. The molecule has 4 aromatic carbocycles. The molecule has 1 aliphatic heterocycles. The summed E-state index contributed by atoms with van der Waals surface area (Å²) in [6, 6.07) is 28.2. The first kappa shape index (κ1) is 46.7. The minimum atomic E-state index is -0.946. The van der Waals surface area contributed by atoms with Crippen molar-refractivity contribution in [1.29, 1.82) is 0 Å². The maximum absolute atomic E-state index is 14.5. The number of nitrogens with zero attached hydrogens (tertiary/aromatic N) is 2. The first-order valence-corrected chi connectivity index (χ1v) is 23.4. The van der Waals surface area contributed by atoms with Crippen molar-refractivity contribution in [2.75, 3.05) is 18.1 Å². The molecule has 0 bridgehead atoms. The third-order valence-corrected chi connectivity index (χ3v) is 12.1. The monoisotopic (exact) mass is 854 g/mol. The number of anilines is 1. The number of benzene rings is 4. The van der Waals surface area contributed by atoms with Crippen LogP contribution >= 0.6 is 0 Å². The van der Waals surface area contributed by atoms with Crippen LogP contribution in [0, 0.1) is 0 Å². The number of aromatic nitrogens is 1. The van der Waals surface area contributed by atoms with Gasteiger partial charge in [0.25, 0.3) is 0 Å². The fourth-order valence-corrected chi connectivity index (χ4v) is 8.64. The second-order valence-electron chi connectivity index (χ2n) is 17.0. The third kappa shape index (κ3) is 13.9. The Morgan fingerprint density at radius 3 is 1.41 bits per heavy atom. The van der Waals surface area contributed by atoms with E-state index < -0.39 is 36.1 Å². The zero-order valence-corrected chi connectivity index (χ0v) is 37.3. The number of hydrogen-bond acceptors (Lipinski definition) is 8. The number of rotatable bonds is 25. The van der Waals surface area contributed by atoms with Gasteiger partial charge in [-0.2, -0.15) is 0 Å². The topological polar surface area (TPSA) is 127 Å². The zero-order valence-electron chi connectivity index (χ0n) is 37.3. The molecule has 0 saturated carbocycles. The zero-order chi connectivity index (χ0) is 44.2. The van der Waals surface area contributed by atoms with Gasteiger partial charge in [0.05, 0.1) is 13.2 Å². The summed E-state index contributed by atoms with van der Waals surface area (Å²) in [5.74, 6) is -1.72. The van der Waals surface area contributed by atoms with Gasteiger partial charge in [0.1, 0.15) is 24.2 Å². The summed E-state index contributed by atoms with van der Waals surface area (Å²) >= 11 is 0. The summed E-state index contributed by atoms with van der Waals surface area (Å²) in [6.07, 6.45) is 17.1. The summed E-state index contributed by atoms with van der Waals surface area (Å²) in [5.41, 5.74) is 2.42. The summed E-state index contributed by atoms with van der Waals surface area (Å²) in [4.78, 5) is 62.7. The van der Waals surface area contributed by atoms with E-state index in [-0.39, 0.29) is 37.9 Å². The third-order valence-electron chi connectivity index (χ3n) is 12.1. The average Bonchev–Trinajstić information content (AvgIpc) is 3.76. The number of fused-ring (bicyclic) bond motifs is 2. The SMILES string of the molecule is CCCCCCCCOC(=O)[C@@H](Cc1ccc2ccccc2c1)NC(=O)[C@@H]1CC[C@@H](C(=O)N[C@H](Cc2ccc3ccccc3c2)C(=O)OCCCCCCCC)N1c1ccncc1. The van der Waals surface area contributed by atoms with Gasteiger partial charge in [0.15, 0.2) is 0 Å². The lowest BCUT2D eigenvalue weighted by molar-refractivity contribution is -0.148. The van der Waals surface area contributed by atoms with Gasteiger partial charge in [-0.15, -0.1) is 0 Å². The van der Waals surface area contributed by atoms with Gasteiger partial charge in [0, 0.05) is 30.9 Å². The van der Waals surface area contributed by atoms with Crippen LogP contribution in [0.5, 0.6) is 0 Å². The first-order chi connectivity index (χ1) is 30.8. The molecule has 0 spiro atoms. The Morgan fingerprint density at radius 2 is 0.968 bits per heavy atom. The van der Waals surface area contributed by atoms with E-state index in [0.29, 0.717) is 18.5 Å². The molecule has 0 aliphatic carbocycles. The highest BCUT2D eigenvalue weighted by molar-refractivity contribution is 5.96. The van der Waals surface area contributed by atoms with Gasteiger partial charge in [-0.1, -0.05) is 163 Å². The van der Waals surface area contributed by atoms with Crippen molar-refractivity contribution in [3.63, 3.8) is 0 Å². The van der Waals surface area contributed by atoms with Crippen LogP contribution in [0.3, 0.4) is 0 Å². The molecule has 0 unspecified atom stereocenters. The summed E-state index contributed by atoms with van der Waals surface area (Å²) < 4.78 is 11.6. The Hall–Kier alpha value is -5.77. The summed E-state index contributed by atoms with van der Waals surface area (Å²) in [5, 5.41) is 10.4. The van der Waals surface area contributed by atoms with Crippen LogP contribution in [0.1, 0.15) is 115 Å². The van der Waals surface area contributed by atoms with Crippen molar-refractivity contribution in [1.82, 2.24) is 15.6 Å². The molecule has 1 aromatic heterocycles. The largest absolute Gasteiger partial charge is 0.464 e. The predicted octanol–water partition coefficient (Wildman–Crippen LogP) is 9.99. The molecule has 0 radical (unpaired) electrons. The number of pyridine rings is 1. The van der Waals surface area contributed by atoms with Crippen molar-refractivity contribution < 1.29 is 28.7 Å². The van der Waals surface area contributed by atoms with Gasteiger partial charge in [0.2, 0.25) is 11.8 Å². The Kier molecular flexibility index (Phi) is 18.4. The van der Waals surface area contributed by atoms with Crippen LogP contribution in [0.15, 0.2) is 109 Å². The van der Waals surface area contributed by atoms with E-state index in [0.717, 1.165) is 96.9 Å². The Bertz CT molecular complexity index is 2090. The molecule has 1 saturated heterocycles. The van der Waals surface area contributed by atoms with Gasteiger partial charge >= 0.3 is 11.9 Å². The van der Waals surface area contributed by atoms with Crippen molar-refractivity contribution in [2.45, 2.75) is 141 Å². The molecule has 334 valence electrons. The second-order valence-corrected chi connectivity index (χ2v) is 17.0. The van der Waals surface area contributed by atoms with Crippen molar-refractivity contribution in [3.05, 3.63) is 121 Å². The van der Waals surface area contributed by atoms with Gasteiger partial charge < -0.3 is 25.0 Å². The highest BCUT2D eigenvalue weighted by Crippen LogP contribution is 2.31. The minimum Gasteiger partial charge on any atom is -0.464 e. The number of carbonyl (C=O) groups excluding carboxylic acids is 4. The number of hydrogen-bond donors (Lipinski definition) is 2. The van der Waals surface area contributed by atoms with Crippen molar-refractivity contribution in [3.8, 4) is 0 Å². The van der Waals surface area contributed by atoms with Crippen LogP contribution in [0.2, 0.25) is 0 Å². The van der Waals surface area contributed by atoms with Gasteiger partial charge in [-0.25, -0.2) is 9.59 Å². The number of ether oxygens (including phenoxy) is 2. The van der Waals surface area contributed by atoms with Crippen LogP contribution in [0.25, 0.3) is 21.5 Å². The first-order valence-electron chi connectivity index (χ1n) is 23.4. The molecule has 4 atom stereocenters. The highest BCUT2D eigenvalue weighted by Gasteiger charge is 2.43. The Balaban J connectivity index is 1.19. The van der Waals surface area contributed by atoms with Crippen LogP contribution in [0.4, 0.5) is 5.69 Å². The molecule has 63 heavy (non-hydrogen) atoms. The number of amides is 2. The molecule has 2 heterocycles. The van der Waals surface area contributed by atoms with Crippen molar-refractivity contribution >= 4 is 51.0 Å². The molecular formula is C53H66N4O6. The van der Waals surface area contributed by atoms with Crippen molar-refractivity contribution in [2.24, 2.45) is 0 Å². The quantitative estimate of drug-likeness (QED) is 0.0439. The molecule has 2 N–H and O–H groups in total. The summed E-state index contributed by atoms with van der Waals surface area (Å²) in [6.45, 7) is 4.93. The molecule has 1 fully saturated rings. The standard InChI is InChI=1S/C53H66N4O6/c1-3-5-7-9-11-17-33-62-52(60)46(37-39-23-25-41-19-13-15-21-43(41)35-39)55-50(58)48-27-28-49(57(48)45-29-31-54-32-30-45)51(59)56-47(53(61)63-34-18-12-10-8-6-4-2)38-40-24-26-42-20-14-16-22-44(42)36-40/h13-16,19-26,29-32,35-36,46-49H,3-12,17-18,27-28,33-34,37-38H2,1-2H3,(H,55,58)(H,56,59)/t46-,47-,48+,49+/m1/s1. The fourth-order valence-electron chi connectivity index (χ4n) is 8.64. The lowest BCUT2D eigenvalue weighted by atomic mass is 10.0. The van der Waals surface area contributed by atoms with E-state index in [9.17, 15) is 19.2 Å². The van der Waals surface area contributed by atoms with E-state index in [1.807, 2.05) is 84.9 Å². The lowest BCUT2D eigenvalue weighted by Gasteiger charge is -2.32. The van der Waals surface area contributed by atoms with Gasteiger partial charge in [-0.3, -0.25) is 14.6 Å². The maximum Gasteiger partial charge on any atom is 0.328 e. The molecule has 10 nitrogen and oxygen atoms in total. The molecule has 1 aliphatic rings. The molecule has 10 heteroatoms. The highest BCUT2D eigenvalue weighted by atomic mass is 16.5. The van der Waals surface area contributed by atoms with Crippen LogP contribution in [-0.2, 0) is 41.5 Å². The van der Waals surface area contributed by atoms with E-state index in [1.165, 1.54) is 12.8 Å². The number of nitrogens with one attached hydrogen (secondary N) is 2. The van der Waals surface area contributed by atoms with Crippen LogP contribution in [-0.4, -0.2) is 66.1 Å². The molecule has 2 amide bonds. The average molecular weight is 855 g/mol. The van der Waals surface area contributed by atoms with E-state index in [1.54, 1.807) is 29.4 Å². The second kappa shape index (κ2) is 24.8. The van der Waals surface area contributed by atoms with E-state index in [2.05, 4.69) is 29.5 Å². The van der Waals surface area contributed by atoms with Gasteiger partial charge in [-0.05, 0) is 70.5 Å². The number of carbonyl (C=O) groups is 4. The smallest absolute Gasteiger partial charge is 0.328 e. The van der Waals surface area contributed by atoms with Crippen LogP contribution < -0.4 is 15.5 Å². The number of esters is 2. The Labute approximate surface area is 373 Å². The van der Waals surface area contributed by atoms with E-state index in [4.69, 9.17) is 9.47 Å². The predicted molar refractivity (Wildman–Crippen MR) is 251 cm³/mol. The molecular weight excluding hydrogens is 789 g/mol. The Morgan fingerprint density at radius 1 is 0.556 bits per heavy atom. The molecule has 6 rings (SSSR count). The minimum absolute atomic E-state index is 0.245. The lowest BCUT2D eigenvalue weighted by Crippen LogP contribution is -2.56. The van der Waals surface area contributed by atoms with E-state index >= 15 is 0 Å². The fraction of sp³-hybridized carbons (Fsp3) is 0.453. The normalized spacial score (nSPS) is 15.8. The maximum atomic E-state index is 14.5.